The molecule has 1 aliphatic rings. The van der Waals surface area contributed by atoms with Crippen LogP contribution >= 0.6 is 0 Å². The van der Waals surface area contributed by atoms with Crippen molar-refractivity contribution in [2.24, 2.45) is 0 Å². The van der Waals surface area contributed by atoms with Crippen molar-refractivity contribution in [3.63, 3.8) is 0 Å². The first-order valence-electron chi connectivity index (χ1n) is 9.25. The highest BCUT2D eigenvalue weighted by Crippen LogP contribution is 2.33. The summed E-state index contributed by atoms with van der Waals surface area (Å²) in [5.41, 5.74) is 4.09. The fourth-order valence-corrected chi connectivity index (χ4v) is 3.63. The summed E-state index contributed by atoms with van der Waals surface area (Å²) < 4.78 is 16.1. The van der Waals surface area contributed by atoms with E-state index < -0.39 is 0 Å². The molecule has 1 aliphatic heterocycles. The summed E-state index contributed by atoms with van der Waals surface area (Å²) in [6.45, 7) is 4.39. The van der Waals surface area contributed by atoms with Crippen molar-refractivity contribution < 1.29 is 14.2 Å². The standard InChI is InChI=1S/C22H29NO3/c1-16(5-6-17-7-9-20(24-2)10-8-17)23-12-11-18-13-21(25-3)22(26-4)14-19(18)15-23/h7-10,13-14,16H,5-6,11-12,15H2,1-4H3/t16-/m0/s1. The van der Waals surface area contributed by atoms with Crippen LogP contribution in [-0.2, 0) is 19.4 Å². The molecule has 0 aliphatic carbocycles. The first-order valence-corrected chi connectivity index (χ1v) is 9.25. The molecule has 4 heteroatoms. The van der Waals surface area contributed by atoms with E-state index in [1.54, 1.807) is 21.3 Å². The van der Waals surface area contributed by atoms with Crippen LogP contribution in [0, 0.1) is 0 Å². The quantitative estimate of drug-likeness (QED) is 0.748. The minimum absolute atomic E-state index is 0.540. The molecule has 0 aromatic heterocycles. The highest BCUT2D eigenvalue weighted by atomic mass is 16.5. The zero-order chi connectivity index (χ0) is 18.5. The minimum atomic E-state index is 0.540. The molecule has 0 radical (unpaired) electrons. The van der Waals surface area contributed by atoms with Crippen LogP contribution in [0.3, 0.4) is 0 Å². The number of benzene rings is 2. The Morgan fingerprint density at radius 3 is 2.19 bits per heavy atom. The van der Waals surface area contributed by atoms with Crippen molar-refractivity contribution in [2.75, 3.05) is 27.9 Å². The Balaban J connectivity index is 1.62. The van der Waals surface area contributed by atoms with E-state index in [2.05, 4.69) is 36.1 Å². The number of methoxy groups -OCH3 is 3. The SMILES string of the molecule is COc1ccc(CC[C@H](C)N2CCc3cc(OC)c(OC)cc3C2)cc1. The largest absolute Gasteiger partial charge is 0.497 e. The predicted molar refractivity (Wildman–Crippen MR) is 104 cm³/mol. The fourth-order valence-electron chi connectivity index (χ4n) is 3.63. The highest BCUT2D eigenvalue weighted by molar-refractivity contribution is 5.48. The molecule has 0 amide bonds. The predicted octanol–water partition coefficient (Wildman–Crippen LogP) is 4.09. The van der Waals surface area contributed by atoms with Gasteiger partial charge in [0.15, 0.2) is 11.5 Å². The molecule has 4 nitrogen and oxygen atoms in total. The van der Waals surface area contributed by atoms with E-state index >= 15 is 0 Å². The van der Waals surface area contributed by atoms with Crippen molar-refractivity contribution in [3.05, 3.63) is 53.1 Å². The Morgan fingerprint density at radius 1 is 0.923 bits per heavy atom. The molecule has 1 atom stereocenters. The van der Waals surface area contributed by atoms with E-state index in [9.17, 15) is 0 Å². The van der Waals surface area contributed by atoms with Gasteiger partial charge in [0.05, 0.1) is 21.3 Å². The number of fused-ring (bicyclic) bond motifs is 1. The van der Waals surface area contributed by atoms with E-state index in [1.807, 2.05) is 12.1 Å². The summed E-state index contributed by atoms with van der Waals surface area (Å²) in [6.07, 6.45) is 3.29. The molecule has 1 heterocycles. The topological polar surface area (TPSA) is 30.9 Å². The van der Waals surface area contributed by atoms with E-state index in [1.165, 1.54) is 16.7 Å². The third-order valence-electron chi connectivity index (χ3n) is 5.38. The zero-order valence-electron chi connectivity index (χ0n) is 16.2. The second kappa shape index (κ2) is 8.45. The van der Waals surface area contributed by atoms with Gasteiger partial charge in [0.25, 0.3) is 0 Å². The van der Waals surface area contributed by atoms with Crippen molar-refractivity contribution in [1.82, 2.24) is 4.90 Å². The first-order chi connectivity index (χ1) is 12.6. The summed E-state index contributed by atoms with van der Waals surface area (Å²) >= 11 is 0. The van der Waals surface area contributed by atoms with Gasteiger partial charge in [0, 0.05) is 19.1 Å². The van der Waals surface area contributed by atoms with Crippen molar-refractivity contribution in [2.45, 2.75) is 38.8 Å². The minimum Gasteiger partial charge on any atom is -0.497 e. The molecule has 2 aromatic carbocycles. The molecule has 2 aromatic rings. The van der Waals surface area contributed by atoms with Crippen molar-refractivity contribution in [1.29, 1.82) is 0 Å². The number of hydrogen-bond acceptors (Lipinski definition) is 4. The molecule has 0 fully saturated rings. The molecule has 26 heavy (non-hydrogen) atoms. The van der Waals surface area contributed by atoms with Crippen LogP contribution in [0.4, 0.5) is 0 Å². The van der Waals surface area contributed by atoms with E-state index in [4.69, 9.17) is 14.2 Å². The maximum atomic E-state index is 5.47. The molecule has 0 unspecified atom stereocenters. The van der Waals surface area contributed by atoms with Gasteiger partial charge in [-0.15, -0.1) is 0 Å². The van der Waals surface area contributed by atoms with Crippen LogP contribution in [0.2, 0.25) is 0 Å². The van der Waals surface area contributed by atoms with E-state index in [0.29, 0.717) is 6.04 Å². The third kappa shape index (κ3) is 4.13. The van der Waals surface area contributed by atoms with Crippen molar-refractivity contribution >= 4 is 0 Å². The Morgan fingerprint density at radius 2 is 1.58 bits per heavy atom. The monoisotopic (exact) mass is 355 g/mol. The summed E-state index contributed by atoms with van der Waals surface area (Å²) in [7, 11) is 5.10. The molecule has 0 bridgehead atoms. The Labute approximate surface area is 156 Å². The lowest BCUT2D eigenvalue weighted by Crippen LogP contribution is -2.37. The third-order valence-corrected chi connectivity index (χ3v) is 5.38. The first kappa shape index (κ1) is 18.6. The van der Waals surface area contributed by atoms with E-state index in [-0.39, 0.29) is 0 Å². The van der Waals surface area contributed by atoms with Gasteiger partial charge in [-0.3, -0.25) is 4.90 Å². The molecule has 140 valence electrons. The van der Waals surface area contributed by atoms with Gasteiger partial charge in [-0.25, -0.2) is 0 Å². The molecule has 3 rings (SSSR count). The summed E-state index contributed by atoms with van der Waals surface area (Å²) in [5, 5.41) is 0. The summed E-state index contributed by atoms with van der Waals surface area (Å²) in [6, 6.07) is 13.2. The average molecular weight is 355 g/mol. The van der Waals surface area contributed by atoms with Crippen LogP contribution < -0.4 is 14.2 Å². The number of nitrogens with zero attached hydrogens (tertiary/aromatic N) is 1. The lowest BCUT2D eigenvalue weighted by molar-refractivity contribution is 0.181. The number of aryl methyl sites for hydroxylation is 1. The normalized spacial score (nSPS) is 15.2. The zero-order valence-corrected chi connectivity index (χ0v) is 16.2. The van der Waals surface area contributed by atoms with Gasteiger partial charge in [0.2, 0.25) is 0 Å². The molecule has 0 spiro atoms. The molecule has 0 saturated carbocycles. The second-order valence-corrected chi connectivity index (χ2v) is 6.93. The van der Waals surface area contributed by atoms with Gasteiger partial charge in [-0.05, 0) is 67.1 Å². The summed E-state index contributed by atoms with van der Waals surface area (Å²) in [4.78, 5) is 2.57. The Kier molecular flexibility index (Phi) is 6.04. The maximum Gasteiger partial charge on any atom is 0.161 e. The van der Waals surface area contributed by atoms with Gasteiger partial charge < -0.3 is 14.2 Å². The van der Waals surface area contributed by atoms with Crippen LogP contribution in [0.5, 0.6) is 17.2 Å². The van der Waals surface area contributed by atoms with Gasteiger partial charge in [0.1, 0.15) is 5.75 Å². The van der Waals surface area contributed by atoms with E-state index in [0.717, 1.165) is 49.6 Å². The molecular formula is C22H29NO3. The number of ether oxygens (including phenoxy) is 3. The summed E-state index contributed by atoms with van der Waals surface area (Å²) in [5.74, 6) is 2.56. The molecule has 0 saturated heterocycles. The Hall–Kier alpha value is -2.20. The smallest absolute Gasteiger partial charge is 0.161 e. The molecule has 0 N–H and O–H groups in total. The van der Waals surface area contributed by atoms with Crippen LogP contribution in [0.25, 0.3) is 0 Å². The lowest BCUT2D eigenvalue weighted by Gasteiger charge is -2.34. The second-order valence-electron chi connectivity index (χ2n) is 6.93. The highest BCUT2D eigenvalue weighted by Gasteiger charge is 2.22. The van der Waals surface area contributed by atoms with Crippen LogP contribution in [0.1, 0.15) is 30.0 Å². The maximum absolute atomic E-state index is 5.47. The van der Waals surface area contributed by atoms with Crippen LogP contribution in [-0.4, -0.2) is 38.8 Å². The average Bonchev–Trinajstić information content (AvgIpc) is 2.70. The van der Waals surface area contributed by atoms with Crippen LogP contribution in [0.15, 0.2) is 36.4 Å². The van der Waals surface area contributed by atoms with Gasteiger partial charge >= 0.3 is 0 Å². The van der Waals surface area contributed by atoms with Gasteiger partial charge in [-0.1, -0.05) is 12.1 Å². The number of hydrogen-bond donors (Lipinski definition) is 0. The number of rotatable bonds is 7. The van der Waals surface area contributed by atoms with Crippen molar-refractivity contribution in [3.8, 4) is 17.2 Å². The van der Waals surface area contributed by atoms with Gasteiger partial charge in [-0.2, -0.15) is 0 Å². The lowest BCUT2D eigenvalue weighted by atomic mass is 9.96. The Bertz CT molecular complexity index is 727. The molecular weight excluding hydrogens is 326 g/mol. The fraction of sp³-hybridized carbons (Fsp3) is 0.455.